The lowest BCUT2D eigenvalue weighted by atomic mass is 9.90. The van der Waals surface area contributed by atoms with Gasteiger partial charge in [0, 0.05) is 42.9 Å². The normalized spacial score (nSPS) is 17.9. The molecule has 6 nitrogen and oxygen atoms in total. The Bertz CT molecular complexity index is 885. The zero-order valence-electron chi connectivity index (χ0n) is 16.5. The van der Waals surface area contributed by atoms with Crippen LogP contribution in [-0.2, 0) is 19.5 Å². The first-order chi connectivity index (χ1) is 13.7. The van der Waals surface area contributed by atoms with Crippen LogP contribution in [0, 0.1) is 6.92 Å². The van der Waals surface area contributed by atoms with Gasteiger partial charge in [-0.2, -0.15) is 10.2 Å². The SMILES string of the molecule is Cc1nn(CCO)cc1CN1CCC[C@@H](c2[nH]ncc2Cc2ccccc2)C1. The van der Waals surface area contributed by atoms with Crippen molar-refractivity contribution in [1.29, 1.82) is 0 Å². The number of aliphatic hydroxyl groups is 1. The number of aliphatic hydroxyl groups excluding tert-OH is 1. The Morgan fingerprint density at radius 2 is 2.07 bits per heavy atom. The van der Waals surface area contributed by atoms with Crippen molar-refractivity contribution >= 4 is 0 Å². The lowest BCUT2D eigenvalue weighted by Gasteiger charge is -2.32. The van der Waals surface area contributed by atoms with Gasteiger partial charge >= 0.3 is 0 Å². The summed E-state index contributed by atoms with van der Waals surface area (Å²) in [5, 5.41) is 21.3. The average Bonchev–Trinajstić information content (AvgIpc) is 3.30. The molecule has 6 heteroatoms. The Morgan fingerprint density at radius 3 is 2.89 bits per heavy atom. The quantitative estimate of drug-likeness (QED) is 0.662. The number of hydrogen-bond acceptors (Lipinski definition) is 4. The number of nitrogens with one attached hydrogen (secondary N) is 1. The Hall–Kier alpha value is -2.44. The predicted octanol–water partition coefficient (Wildman–Crippen LogP) is 2.88. The summed E-state index contributed by atoms with van der Waals surface area (Å²) in [4.78, 5) is 2.52. The van der Waals surface area contributed by atoms with Crippen LogP contribution in [0.3, 0.4) is 0 Å². The summed E-state index contributed by atoms with van der Waals surface area (Å²) in [6.45, 7) is 5.79. The molecule has 0 amide bonds. The minimum atomic E-state index is 0.121. The van der Waals surface area contributed by atoms with Gasteiger partial charge < -0.3 is 5.11 Å². The Kier molecular flexibility index (Phi) is 5.88. The van der Waals surface area contributed by atoms with Gasteiger partial charge in [0.2, 0.25) is 0 Å². The van der Waals surface area contributed by atoms with Crippen LogP contribution in [0.25, 0.3) is 0 Å². The van der Waals surface area contributed by atoms with Crippen LogP contribution in [-0.4, -0.2) is 49.7 Å². The smallest absolute Gasteiger partial charge is 0.0641 e. The molecule has 0 radical (unpaired) electrons. The highest BCUT2D eigenvalue weighted by atomic mass is 16.3. The maximum atomic E-state index is 9.13. The van der Waals surface area contributed by atoms with Gasteiger partial charge in [-0.15, -0.1) is 0 Å². The fourth-order valence-corrected chi connectivity index (χ4v) is 4.24. The summed E-state index contributed by atoms with van der Waals surface area (Å²) in [5.41, 5.74) is 6.24. The van der Waals surface area contributed by atoms with Crippen molar-refractivity contribution in [2.24, 2.45) is 0 Å². The maximum Gasteiger partial charge on any atom is 0.0641 e. The van der Waals surface area contributed by atoms with E-state index in [9.17, 15) is 0 Å². The second-order valence-corrected chi connectivity index (χ2v) is 7.77. The number of aryl methyl sites for hydroxylation is 1. The maximum absolute atomic E-state index is 9.13. The lowest BCUT2D eigenvalue weighted by Crippen LogP contribution is -2.34. The molecule has 1 saturated heterocycles. The minimum absolute atomic E-state index is 0.121. The van der Waals surface area contributed by atoms with Crippen molar-refractivity contribution in [2.75, 3.05) is 19.7 Å². The van der Waals surface area contributed by atoms with Crippen LogP contribution < -0.4 is 0 Å². The molecule has 2 N–H and O–H groups in total. The third kappa shape index (κ3) is 4.34. The number of likely N-dealkylation sites (tertiary alicyclic amines) is 1. The standard InChI is InChI=1S/C22H29N5O/c1-17-21(16-27(25-17)10-11-28)15-26-9-5-8-19(14-26)22-20(13-23-24-22)12-18-6-3-2-4-7-18/h2-4,6-7,13,16,19,28H,5,8-12,14-15H2,1H3,(H,23,24)/t19-/m1/s1. The topological polar surface area (TPSA) is 70.0 Å². The highest BCUT2D eigenvalue weighted by molar-refractivity contribution is 5.29. The molecule has 28 heavy (non-hydrogen) atoms. The molecule has 1 atom stereocenters. The molecule has 1 fully saturated rings. The largest absolute Gasteiger partial charge is 0.394 e. The molecule has 1 aliphatic rings. The fraction of sp³-hybridized carbons (Fsp3) is 0.455. The number of benzene rings is 1. The highest BCUT2D eigenvalue weighted by Gasteiger charge is 2.25. The third-order valence-electron chi connectivity index (χ3n) is 5.67. The lowest BCUT2D eigenvalue weighted by molar-refractivity contribution is 0.197. The van der Waals surface area contributed by atoms with Gasteiger partial charge in [-0.3, -0.25) is 14.7 Å². The number of nitrogens with zero attached hydrogens (tertiary/aromatic N) is 4. The van der Waals surface area contributed by atoms with Gasteiger partial charge in [0.1, 0.15) is 0 Å². The molecule has 0 spiro atoms. The van der Waals surface area contributed by atoms with Crippen LogP contribution in [0.5, 0.6) is 0 Å². The number of aromatic amines is 1. The number of hydrogen-bond donors (Lipinski definition) is 2. The molecular weight excluding hydrogens is 350 g/mol. The van der Waals surface area contributed by atoms with E-state index in [1.165, 1.54) is 35.2 Å². The van der Waals surface area contributed by atoms with Crippen LogP contribution in [0.15, 0.2) is 42.7 Å². The summed E-state index contributed by atoms with van der Waals surface area (Å²) in [6, 6.07) is 10.6. The van der Waals surface area contributed by atoms with E-state index in [1.54, 1.807) is 0 Å². The van der Waals surface area contributed by atoms with E-state index < -0.39 is 0 Å². The number of piperidine rings is 1. The summed E-state index contributed by atoms with van der Waals surface area (Å²) in [7, 11) is 0. The van der Waals surface area contributed by atoms with E-state index in [2.05, 4.69) is 63.6 Å². The Balaban J connectivity index is 1.44. The second-order valence-electron chi connectivity index (χ2n) is 7.77. The van der Waals surface area contributed by atoms with Crippen molar-refractivity contribution in [3.63, 3.8) is 0 Å². The minimum Gasteiger partial charge on any atom is -0.394 e. The Morgan fingerprint density at radius 1 is 1.21 bits per heavy atom. The van der Waals surface area contributed by atoms with E-state index in [4.69, 9.17) is 5.11 Å². The van der Waals surface area contributed by atoms with Crippen LogP contribution in [0.1, 0.15) is 46.8 Å². The third-order valence-corrected chi connectivity index (χ3v) is 5.67. The molecule has 0 aliphatic carbocycles. The fourth-order valence-electron chi connectivity index (χ4n) is 4.24. The van der Waals surface area contributed by atoms with E-state index in [1.807, 2.05) is 10.9 Å². The van der Waals surface area contributed by atoms with Crippen molar-refractivity contribution in [3.05, 3.63) is 70.8 Å². The first-order valence-electron chi connectivity index (χ1n) is 10.1. The second kappa shape index (κ2) is 8.71. The molecule has 0 saturated carbocycles. The molecule has 1 aromatic carbocycles. The molecule has 3 aromatic rings. The zero-order chi connectivity index (χ0) is 19.3. The van der Waals surface area contributed by atoms with Crippen LogP contribution in [0.4, 0.5) is 0 Å². The van der Waals surface area contributed by atoms with Crippen molar-refractivity contribution in [3.8, 4) is 0 Å². The molecule has 148 valence electrons. The number of H-pyrrole nitrogens is 1. The van der Waals surface area contributed by atoms with Gasteiger partial charge in [-0.1, -0.05) is 30.3 Å². The van der Waals surface area contributed by atoms with E-state index in [-0.39, 0.29) is 6.61 Å². The van der Waals surface area contributed by atoms with E-state index in [0.717, 1.165) is 31.7 Å². The molecule has 3 heterocycles. The van der Waals surface area contributed by atoms with E-state index in [0.29, 0.717) is 12.5 Å². The number of rotatable bonds is 7. The highest BCUT2D eigenvalue weighted by Crippen LogP contribution is 2.29. The molecule has 0 unspecified atom stereocenters. The monoisotopic (exact) mass is 379 g/mol. The van der Waals surface area contributed by atoms with Crippen molar-refractivity contribution < 1.29 is 5.11 Å². The molecule has 0 bridgehead atoms. The van der Waals surface area contributed by atoms with Gasteiger partial charge in [0.15, 0.2) is 0 Å². The molecule has 2 aromatic heterocycles. The Labute approximate surface area is 166 Å². The van der Waals surface area contributed by atoms with Crippen molar-refractivity contribution in [1.82, 2.24) is 24.9 Å². The first kappa shape index (κ1) is 18.9. The van der Waals surface area contributed by atoms with Gasteiger partial charge in [-0.05, 0) is 37.4 Å². The molecule has 1 aliphatic heterocycles. The summed E-state index contributed by atoms with van der Waals surface area (Å²) in [5.74, 6) is 0.489. The zero-order valence-corrected chi connectivity index (χ0v) is 16.5. The summed E-state index contributed by atoms with van der Waals surface area (Å²) in [6.07, 6.45) is 7.38. The number of aromatic nitrogens is 4. The van der Waals surface area contributed by atoms with Crippen LogP contribution >= 0.6 is 0 Å². The van der Waals surface area contributed by atoms with Gasteiger partial charge in [-0.25, -0.2) is 0 Å². The summed E-state index contributed by atoms with van der Waals surface area (Å²) >= 11 is 0. The predicted molar refractivity (Wildman–Crippen MR) is 109 cm³/mol. The molecular formula is C22H29N5O. The average molecular weight is 380 g/mol. The van der Waals surface area contributed by atoms with Gasteiger partial charge in [0.25, 0.3) is 0 Å². The van der Waals surface area contributed by atoms with Crippen LogP contribution in [0.2, 0.25) is 0 Å². The first-order valence-corrected chi connectivity index (χ1v) is 10.1. The van der Waals surface area contributed by atoms with Crippen molar-refractivity contribution in [2.45, 2.75) is 45.2 Å². The van der Waals surface area contributed by atoms with E-state index >= 15 is 0 Å². The molecule has 4 rings (SSSR count). The van der Waals surface area contributed by atoms with Gasteiger partial charge in [0.05, 0.1) is 25.0 Å². The summed E-state index contributed by atoms with van der Waals surface area (Å²) < 4.78 is 1.85.